The lowest BCUT2D eigenvalue weighted by Crippen LogP contribution is -1.97. The third-order valence-corrected chi connectivity index (χ3v) is 4.56. The number of nitrogen functional groups attached to an aromatic ring is 1. The maximum atomic E-state index is 6.26. The van der Waals surface area contributed by atoms with Crippen LogP contribution in [0.4, 0.5) is 5.82 Å². The van der Waals surface area contributed by atoms with Crippen molar-refractivity contribution in [2.24, 2.45) is 0 Å². The summed E-state index contributed by atoms with van der Waals surface area (Å²) in [6, 6.07) is 5.80. The van der Waals surface area contributed by atoms with Gasteiger partial charge < -0.3 is 5.73 Å². The molecule has 0 unspecified atom stereocenters. The van der Waals surface area contributed by atoms with Gasteiger partial charge in [-0.2, -0.15) is 0 Å². The normalized spacial score (nSPS) is 14.2. The van der Waals surface area contributed by atoms with Crippen LogP contribution in [0.3, 0.4) is 0 Å². The van der Waals surface area contributed by atoms with Gasteiger partial charge in [0.15, 0.2) is 4.96 Å². The van der Waals surface area contributed by atoms with Gasteiger partial charge in [-0.1, -0.05) is 6.07 Å². The van der Waals surface area contributed by atoms with E-state index in [9.17, 15) is 0 Å². The highest BCUT2D eigenvalue weighted by molar-refractivity contribution is 7.17. The molecule has 3 heterocycles. The van der Waals surface area contributed by atoms with Crippen LogP contribution < -0.4 is 5.73 Å². The Balaban J connectivity index is 1.99. The predicted molar refractivity (Wildman–Crippen MR) is 72.7 cm³/mol. The van der Waals surface area contributed by atoms with E-state index < -0.39 is 0 Å². The van der Waals surface area contributed by atoms with Crippen LogP contribution in [0.2, 0.25) is 0 Å². The Kier molecular flexibility index (Phi) is 1.99. The van der Waals surface area contributed by atoms with Crippen molar-refractivity contribution in [2.45, 2.75) is 19.3 Å². The summed E-state index contributed by atoms with van der Waals surface area (Å²) in [5.74, 6) is 0.725. The first-order valence-corrected chi connectivity index (χ1v) is 6.86. The molecule has 90 valence electrons. The van der Waals surface area contributed by atoms with E-state index in [2.05, 4.69) is 14.4 Å². The highest BCUT2D eigenvalue weighted by atomic mass is 32.1. The van der Waals surface area contributed by atoms with Crippen molar-refractivity contribution < 1.29 is 0 Å². The van der Waals surface area contributed by atoms with E-state index in [4.69, 9.17) is 5.73 Å². The van der Waals surface area contributed by atoms with Gasteiger partial charge in [0.1, 0.15) is 11.5 Å². The topological polar surface area (TPSA) is 56.2 Å². The smallest absolute Gasteiger partial charge is 0.196 e. The van der Waals surface area contributed by atoms with Crippen molar-refractivity contribution in [1.82, 2.24) is 14.4 Å². The minimum atomic E-state index is 0.725. The summed E-state index contributed by atoms with van der Waals surface area (Å²) in [6.07, 6.45) is 5.28. The molecular formula is C13H12N4S. The fourth-order valence-corrected chi connectivity index (χ4v) is 3.80. The van der Waals surface area contributed by atoms with Gasteiger partial charge in [0, 0.05) is 16.8 Å². The number of aromatic nitrogens is 3. The highest BCUT2D eigenvalue weighted by Crippen LogP contribution is 2.36. The molecule has 0 saturated carbocycles. The molecule has 0 radical (unpaired) electrons. The van der Waals surface area contributed by atoms with Crippen LogP contribution in [0, 0.1) is 0 Å². The Bertz CT molecular complexity index is 726. The first kappa shape index (κ1) is 10.1. The highest BCUT2D eigenvalue weighted by Gasteiger charge is 2.23. The Morgan fingerprint density at radius 3 is 3.06 bits per heavy atom. The zero-order valence-corrected chi connectivity index (χ0v) is 10.6. The molecule has 5 heteroatoms. The lowest BCUT2D eigenvalue weighted by Gasteiger charge is -1.99. The second-order valence-corrected chi connectivity index (χ2v) is 5.57. The molecule has 18 heavy (non-hydrogen) atoms. The van der Waals surface area contributed by atoms with Gasteiger partial charge >= 0.3 is 0 Å². The van der Waals surface area contributed by atoms with Gasteiger partial charge in [-0.25, -0.2) is 4.98 Å². The molecule has 0 atom stereocenters. The van der Waals surface area contributed by atoms with Crippen LogP contribution >= 0.6 is 11.3 Å². The van der Waals surface area contributed by atoms with E-state index in [1.165, 1.54) is 23.4 Å². The lowest BCUT2D eigenvalue weighted by molar-refractivity contribution is 0.890. The van der Waals surface area contributed by atoms with E-state index in [1.807, 2.05) is 18.2 Å². The van der Waals surface area contributed by atoms with Crippen LogP contribution in [0.15, 0.2) is 24.4 Å². The fraction of sp³-hybridized carbons (Fsp3) is 0.231. The quantitative estimate of drug-likeness (QED) is 0.728. The number of thiazole rings is 1. The summed E-state index contributed by atoms with van der Waals surface area (Å²) in [5, 5.41) is 0. The minimum Gasteiger partial charge on any atom is -0.383 e. The maximum Gasteiger partial charge on any atom is 0.196 e. The van der Waals surface area contributed by atoms with Crippen molar-refractivity contribution in [2.75, 3.05) is 5.73 Å². The van der Waals surface area contributed by atoms with Crippen LogP contribution in [0.5, 0.6) is 0 Å². The van der Waals surface area contributed by atoms with Crippen molar-refractivity contribution in [3.63, 3.8) is 0 Å². The van der Waals surface area contributed by atoms with Gasteiger partial charge in [0.2, 0.25) is 0 Å². The molecule has 1 aliphatic rings. The minimum absolute atomic E-state index is 0.725. The van der Waals surface area contributed by atoms with Crippen LogP contribution in [-0.2, 0) is 12.8 Å². The summed E-state index contributed by atoms with van der Waals surface area (Å²) >= 11 is 1.76. The molecule has 0 amide bonds. The maximum absolute atomic E-state index is 6.26. The van der Waals surface area contributed by atoms with Crippen molar-refractivity contribution in [3.05, 3.63) is 35.0 Å². The molecule has 2 N–H and O–H groups in total. The summed E-state index contributed by atoms with van der Waals surface area (Å²) in [5.41, 5.74) is 9.25. The number of fused-ring (bicyclic) bond motifs is 3. The molecule has 0 aromatic carbocycles. The number of hydrogen-bond donors (Lipinski definition) is 1. The molecule has 1 aliphatic carbocycles. The number of aryl methyl sites for hydroxylation is 2. The summed E-state index contributed by atoms with van der Waals surface area (Å²) < 4.78 is 2.11. The Hall–Kier alpha value is -1.88. The molecule has 0 bridgehead atoms. The Morgan fingerprint density at radius 2 is 2.22 bits per heavy atom. The van der Waals surface area contributed by atoms with Crippen LogP contribution in [0.25, 0.3) is 16.3 Å². The van der Waals surface area contributed by atoms with Gasteiger partial charge in [-0.05, 0) is 31.4 Å². The Labute approximate surface area is 108 Å². The largest absolute Gasteiger partial charge is 0.383 e. The number of nitrogens with zero attached hydrogens (tertiary/aromatic N) is 3. The number of rotatable bonds is 1. The number of hydrogen-bond acceptors (Lipinski definition) is 4. The van der Waals surface area contributed by atoms with Crippen molar-refractivity contribution in [1.29, 1.82) is 0 Å². The van der Waals surface area contributed by atoms with Crippen molar-refractivity contribution >= 4 is 22.1 Å². The van der Waals surface area contributed by atoms with Crippen LogP contribution in [-0.4, -0.2) is 14.4 Å². The standard InChI is InChI=1S/C13H12N4S/c14-12-11(8-4-1-2-7-15-8)16-13-17(12)9-5-3-6-10(9)18-13/h1-2,4,7H,3,5-6,14H2. The molecule has 0 spiro atoms. The average Bonchev–Trinajstić information content (AvgIpc) is 3.02. The summed E-state index contributed by atoms with van der Waals surface area (Å²) in [7, 11) is 0. The third kappa shape index (κ3) is 1.25. The van der Waals surface area contributed by atoms with Gasteiger partial charge in [0.05, 0.1) is 5.69 Å². The first-order valence-electron chi connectivity index (χ1n) is 6.04. The first-order chi connectivity index (χ1) is 8.84. The lowest BCUT2D eigenvalue weighted by atomic mass is 10.3. The van der Waals surface area contributed by atoms with E-state index in [1.54, 1.807) is 17.5 Å². The molecule has 4 rings (SSSR count). The van der Waals surface area contributed by atoms with E-state index in [0.717, 1.165) is 28.6 Å². The molecular weight excluding hydrogens is 244 g/mol. The number of pyridine rings is 1. The van der Waals surface area contributed by atoms with Crippen molar-refractivity contribution in [3.8, 4) is 11.4 Å². The zero-order valence-electron chi connectivity index (χ0n) is 9.76. The molecule has 3 aromatic heterocycles. The van der Waals surface area contributed by atoms with Gasteiger partial charge in [0.25, 0.3) is 0 Å². The van der Waals surface area contributed by atoms with E-state index in [-0.39, 0.29) is 0 Å². The van der Waals surface area contributed by atoms with E-state index in [0.29, 0.717) is 0 Å². The second kappa shape index (κ2) is 3.55. The van der Waals surface area contributed by atoms with Gasteiger partial charge in [-0.3, -0.25) is 9.38 Å². The monoisotopic (exact) mass is 256 g/mol. The van der Waals surface area contributed by atoms with E-state index >= 15 is 0 Å². The summed E-state index contributed by atoms with van der Waals surface area (Å²) in [4.78, 5) is 11.4. The number of imidazole rings is 1. The number of anilines is 1. The third-order valence-electron chi connectivity index (χ3n) is 3.41. The molecule has 3 aromatic rings. The second-order valence-electron chi connectivity index (χ2n) is 4.50. The summed E-state index contributed by atoms with van der Waals surface area (Å²) in [6.45, 7) is 0. The van der Waals surface area contributed by atoms with Gasteiger partial charge in [-0.15, -0.1) is 11.3 Å². The van der Waals surface area contributed by atoms with Crippen LogP contribution in [0.1, 0.15) is 17.0 Å². The SMILES string of the molecule is Nc1c(-c2ccccn2)nc2sc3c(n12)CCC3. The molecule has 0 fully saturated rings. The zero-order chi connectivity index (χ0) is 12.1. The molecule has 0 saturated heterocycles. The fourth-order valence-electron chi connectivity index (χ4n) is 2.59. The average molecular weight is 256 g/mol. The number of nitrogens with two attached hydrogens (primary N) is 1. The molecule has 0 aliphatic heterocycles. The molecule has 4 nitrogen and oxygen atoms in total. The predicted octanol–water partition coefficient (Wildman–Crippen LogP) is 2.53. The Morgan fingerprint density at radius 1 is 1.28 bits per heavy atom.